The van der Waals surface area contributed by atoms with Gasteiger partial charge in [-0.2, -0.15) is 5.10 Å². The second-order valence-corrected chi connectivity index (χ2v) is 5.96. The molecular formula is C13H15ClN2OS. The summed E-state index contributed by atoms with van der Waals surface area (Å²) in [4.78, 5) is 12.7. The highest BCUT2D eigenvalue weighted by molar-refractivity contribution is 7.18. The molecule has 2 aromatic rings. The van der Waals surface area contributed by atoms with Crippen molar-refractivity contribution in [3.05, 3.63) is 39.3 Å². The van der Waals surface area contributed by atoms with Crippen LogP contribution in [0.15, 0.2) is 24.4 Å². The number of thiophene rings is 1. The molecule has 0 aliphatic rings. The molecule has 0 aliphatic heterocycles. The molecule has 0 saturated heterocycles. The Bertz CT molecular complexity index is 547. The topological polar surface area (TPSA) is 34.9 Å². The van der Waals surface area contributed by atoms with Crippen LogP contribution in [0.2, 0.25) is 4.34 Å². The van der Waals surface area contributed by atoms with E-state index in [0.717, 1.165) is 12.1 Å². The summed E-state index contributed by atoms with van der Waals surface area (Å²) in [6.07, 6.45) is 3.29. The number of carbonyl (C=O) groups is 1. The van der Waals surface area contributed by atoms with Crippen molar-refractivity contribution in [1.82, 2.24) is 9.78 Å². The normalized spacial score (nSPS) is 12.6. The first-order valence-electron chi connectivity index (χ1n) is 5.92. The molecule has 2 rings (SSSR count). The van der Waals surface area contributed by atoms with Gasteiger partial charge in [-0.25, -0.2) is 0 Å². The van der Waals surface area contributed by atoms with Gasteiger partial charge < -0.3 is 0 Å². The second kappa shape index (κ2) is 5.67. The number of ketones is 1. The van der Waals surface area contributed by atoms with Crippen LogP contribution in [0.3, 0.4) is 0 Å². The van der Waals surface area contributed by atoms with Gasteiger partial charge in [-0.3, -0.25) is 9.48 Å². The zero-order valence-corrected chi connectivity index (χ0v) is 12.0. The van der Waals surface area contributed by atoms with Crippen molar-refractivity contribution < 1.29 is 4.79 Å². The maximum absolute atomic E-state index is 12.0. The minimum absolute atomic E-state index is 0.0706. The van der Waals surface area contributed by atoms with E-state index in [1.807, 2.05) is 16.9 Å². The van der Waals surface area contributed by atoms with Crippen LogP contribution in [0, 0.1) is 0 Å². The number of nitrogens with zero attached hydrogens (tertiary/aromatic N) is 2. The van der Waals surface area contributed by atoms with Gasteiger partial charge in [0.25, 0.3) is 0 Å². The van der Waals surface area contributed by atoms with Gasteiger partial charge in [0.05, 0.1) is 21.3 Å². The number of Topliss-reactive ketones (excluding diaryl/α,β-unsaturated/α-hetero) is 1. The van der Waals surface area contributed by atoms with Crippen molar-refractivity contribution in [2.24, 2.45) is 0 Å². The lowest BCUT2D eigenvalue weighted by Crippen LogP contribution is -2.07. The zero-order chi connectivity index (χ0) is 13.1. The van der Waals surface area contributed by atoms with Crippen LogP contribution >= 0.6 is 22.9 Å². The van der Waals surface area contributed by atoms with Gasteiger partial charge in [0.2, 0.25) is 0 Å². The molecule has 3 nitrogen and oxygen atoms in total. The van der Waals surface area contributed by atoms with E-state index in [4.69, 9.17) is 11.6 Å². The molecule has 0 saturated carbocycles. The third-order valence-electron chi connectivity index (χ3n) is 2.90. The standard InChI is InChI=1S/C13H15ClN2OS/c1-3-9(2)16-7-6-10(15-16)8-11(17)12-4-5-13(14)18-12/h4-7,9H,3,8H2,1-2H3. The Balaban J connectivity index is 2.05. The quantitative estimate of drug-likeness (QED) is 0.777. The Kier molecular flexibility index (Phi) is 4.19. The number of rotatable bonds is 5. The molecule has 1 unspecified atom stereocenters. The molecule has 5 heteroatoms. The van der Waals surface area contributed by atoms with Crippen LogP contribution < -0.4 is 0 Å². The van der Waals surface area contributed by atoms with Crippen LogP contribution in [0.5, 0.6) is 0 Å². The highest BCUT2D eigenvalue weighted by Crippen LogP contribution is 2.22. The van der Waals surface area contributed by atoms with Gasteiger partial charge in [0.15, 0.2) is 5.78 Å². The summed E-state index contributed by atoms with van der Waals surface area (Å²) in [5.74, 6) is 0.0706. The molecule has 1 atom stereocenters. The molecule has 0 aliphatic carbocycles. The van der Waals surface area contributed by atoms with Gasteiger partial charge in [-0.1, -0.05) is 18.5 Å². The molecule has 2 heterocycles. The molecular weight excluding hydrogens is 268 g/mol. The molecule has 2 aromatic heterocycles. The van der Waals surface area contributed by atoms with Crippen molar-refractivity contribution >= 4 is 28.7 Å². The molecule has 0 fully saturated rings. The monoisotopic (exact) mass is 282 g/mol. The maximum Gasteiger partial charge on any atom is 0.178 e. The Morgan fingerprint density at radius 3 is 2.89 bits per heavy atom. The summed E-state index contributed by atoms with van der Waals surface area (Å²) >= 11 is 7.13. The van der Waals surface area contributed by atoms with E-state index in [0.29, 0.717) is 21.7 Å². The third-order valence-corrected chi connectivity index (χ3v) is 4.17. The van der Waals surface area contributed by atoms with Crippen molar-refractivity contribution in [2.75, 3.05) is 0 Å². The van der Waals surface area contributed by atoms with E-state index in [1.165, 1.54) is 11.3 Å². The highest BCUT2D eigenvalue weighted by atomic mass is 35.5. The molecule has 0 amide bonds. The number of halogens is 1. The zero-order valence-electron chi connectivity index (χ0n) is 10.4. The smallest absolute Gasteiger partial charge is 0.178 e. The summed E-state index contributed by atoms with van der Waals surface area (Å²) in [5.41, 5.74) is 0.810. The Morgan fingerprint density at radius 1 is 1.50 bits per heavy atom. The van der Waals surface area contributed by atoms with E-state index in [-0.39, 0.29) is 5.78 Å². The van der Waals surface area contributed by atoms with Gasteiger partial charge in [0, 0.05) is 12.2 Å². The number of hydrogen-bond donors (Lipinski definition) is 0. The first kappa shape index (κ1) is 13.3. The lowest BCUT2D eigenvalue weighted by Gasteiger charge is -2.07. The molecule has 0 aromatic carbocycles. The molecule has 0 bridgehead atoms. The predicted octanol–water partition coefficient (Wildman–Crippen LogP) is 3.99. The van der Waals surface area contributed by atoms with Gasteiger partial charge in [-0.15, -0.1) is 11.3 Å². The summed E-state index contributed by atoms with van der Waals surface area (Å²) in [5, 5.41) is 4.42. The summed E-state index contributed by atoms with van der Waals surface area (Å²) in [7, 11) is 0. The highest BCUT2D eigenvalue weighted by Gasteiger charge is 2.12. The lowest BCUT2D eigenvalue weighted by atomic mass is 10.2. The SMILES string of the molecule is CCC(C)n1ccc(CC(=O)c2ccc(Cl)s2)n1. The van der Waals surface area contributed by atoms with Gasteiger partial charge >= 0.3 is 0 Å². The van der Waals surface area contributed by atoms with Gasteiger partial charge in [0.1, 0.15) is 0 Å². The number of aromatic nitrogens is 2. The van der Waals surface area contributed by atoms with Crippen LogP contribution in [-0.2, 0) is 6.42 Å². The van der Waals surface area contributed by atoms with Crippen molar-refractivity contribution in [3.8, 4) is 0 Å². The fourth-order valence-corrected chi connectivity index (χ4v) is 2.60. The second-order valence-electron chi connectivity index (χ2n) is 4.25. The van der Waals surface area contributed by atoms with Crippen molar-refractivity contribution in [2.45, 2.75) is 32.7 Å². The third kappa shape index (κ3) is 3.00. The number of carbonyl (C=O) groups excluding carboxylic acids is 1. The van der Waals surface area contributed by atoms with Crippen LogP contribution in [0.25, 0.3) is 0 Å². The summed E-state index contributed by atoms with van der Waals surface area (Å²) < 4.78 is 2.55. The largest absolute Gasteiger partial charge is 0.293 e. The molecule has 0 radical (unpaired) electrons. The van der Waals surface area contributed by atoms with E-state index < -0.39 is 0 Å². The Morgan fingerprint density at radius 2 is 2.28 bits per heavy atom. The van der Waals surface area contributed by atoms with E-state index in [9.17, 15) is 4.79 Å². The molecule has 0 spiro atoms. The molecule has 96 valence electrons. The molecule has 0 N–H and O–H groups in total. The first-order chi connectivity index (χ1) is 8.60. The van der Waals surface area contributed by atoms with Crippen molar-refractivity contribution in [3.63, 3.8) is 0 Å². The fraction of sp³-hybridized carbons (Fsp3) is 0.385. The average Bonchev–Trinajstić information content (AvgIpc) is 2.97. The minimum atomic E-state index is 0.0706. The summed E-state index contributed by atoms with van der Waals surface area (Å²) in [6, 6.07) is 5.78. The Labute approximate surface area is 115 Å². The van der Waals surface area contributed by atoms with Crippen LogP contribution in [0.1, 0.15) is 41.7 Å². The first-order valence-corrected chi connectivity index (χ1v) is 7.12. The van der Waals surface area contributed by atoms with E-state index in [2.05, 4.69) is 18.9 Å². The van der Waals surface area contributed by atoms with Gasteiger partial charge in [-0.05, 0) is 31.5 Å². The fourth-order valence-electron chi connectivity index (χ4n) is 1.62. The van der Waals surface area contributed by atoms with Crippen LogP contribution in [0.4, 0.5) is 0 Å². The number of hydrogen-bond acceptors (Lipinski definition) is 3. The minimum Gasteiger partial charge on any atom is -0.293 e. The lowest BCUT2D eigenvalue weighted by molar-refractivity contribution is 0.0995. The average molecular weight is 283 g/mol. The maximum atomic E-state index is 12.0. The van der Waals surface area contributed by atoms with E-state index >= 15 is 0 Å². The van der Waals surface area contributed by atoms with Crippen molar-refractivity contribution in [1.29, 1.82) is 0 Å². The Hall–Kier alpha value is -1.13. The predicted molar refractivity (Wildman–Crippen MR) is 74.6 cm³/mol. The summed E-state index contributed by atoms with van der Waals surface area (Å²) in [6.45, 7) is 4.22. The molecule has 18 heavy (non-hydrogen) atoms. The van der Waals surface area contributed by atoms with Crippen LogP contribution in [-0.4, -0.2) is 15.6 Å². The van der Waals surface area contributed by atoms with E-state index in [1.54, 1.807) is 12.1 Å².